The lowest BCUT2D eigenvalue weighted by atomic mass is 9.78. The van der Waals surface area contributed by atoms with Gasteiger partial charge in [0.1, 0.15) is 17.1 Å². The largest absolute Gasteiger partial charge is 0.338 e. The number of benzene rings is 1. The molecule has 0 saturated heterocycles. The minimum Gasteiger partial charge on any atom is -0.338 e. The third-order valence-corrected chi connectivity index (χ3v) is 8.04. The lowest BCUT2D eigenvalue weighted by molar-refractivity contribution is 0.0612. The van der Waals surface area contributed by atoms with Crippen molar-refractivity contribution in [2.24, 2.45) is 0 Å². The number of sulfonamides is 1. The van der Waals surface area contributed by atoms with E-state index < -0.39 is 27.3 Å². The molecule has 1 saturated carbocycles. The standard InChI is InChI=1S/C22H25FN6O3S/c1-28(2)33(31,32)16-8-6-15(7-9-16)26-20-19-17(10-14-25-21(19)30)29(27-20)22(12-13-24)11-4-3-5-18(22)23/h6-10,14,18H,3-5,11-12H2,1-2H3,(H,25,30)(H,26,27). The SMILES string of the molecule is CN(C)S(=O)(=O)c1ccc(Nc2nn(C3(CC#N)CCCCC3F)c3cc[nH]c(=O)c23)cc1. The molecule has 174 valence electrons. The van der Waals surface area contributed by atoms with E-state index in [-0.39, 0.29) is 22.5 Å². The second-order valence-electron chi connectivity index (χ2n) is 8.42. The Labute approximate surface area is 190 Å². The molecule has 11 heteroatoms. The quantitative estimate of drug-likeness (QED) is 0.568. The van der Waals surface area contributed by atoms with Crippen LogP contribution in [0.25, 0.3) is 10.9 Å². The zero-order valence-electron chi connectivity index (χ0n) is 18.4. The molecular formula is C22H25FN6O3S. The van der Waals surface area contributed by atoms with E-state index >= 15 is 4.39 Å². The zero-order chi connectivity index (χ0) is 23.8. The molecule has 0 amide bonds. The number of rotatable bonds is 6. The summed E-state index contributed by atoms with van der Waals surface area (Å²) in [5.74, 6) is 0.213. The number of anilines is 2. The van der Waals surface area contributed by atoms with Gasteiger partial charge in [0.05, 0.1) is 22.9 Å². The van der Waals surface area contributed by atoms with Gasteiger partial charge in [-0.25, -0.2) is 17.1 Å². The van der Waals surface area contributed by atoms with Gasteiger partial charge in [-0.05, 0) is 43.2 Å². The van der Waals surface area contributed by atoms with Gasteiger partial charge in [0, 0.05) is 26.0 Å². The fourth-order valence-corrected chi connectivity index (χ4v) is 5.29. The van der Waals surface area contributed by atoms with Gasteiger partial charge in [-0.3, -0.25) is 9.48 Å². The van der Waals surface area contributed by atoms with Crippen molar-refractivity contribution < 1.29 is 12.8 Å². The molecule has 2 N–H and O–H groups in total. The van der Waals surface area contributed by atoms with Crippen molar-refractivity contribution >= 4 is 32.4 Å². The molecule has 33 heavy (non-hydrogen) atoms. The minimum atomic E-state index is -3.58. The highest BCUT2D eigenvalue weighted by Crippen LogP contribution is 2.42. The van der Waals surface area contributed by atoms with Crippen LogP contribution < -0.4 is 10.9 Å². The molecular weight excluding hydrogens is 447 g/mol. The molecule has 3 aromatic rings. The molecule has 2 heterocycles. The first-order valence-electron chi connectivity index (χ1n) is 10.6. The number of hydrogen-bond acceptors (Lipinski definition) is 6. The predicted octanol–water partition coefficient (Wildman–Crippen LogP) is 3.24. The molecule has 0 aliphatic heterocycles. The van der Waals surface area contributed by atoms with Crippen LogP contribution in [0.5, 0.6) is 0 Å². The molecule has 2 aromatic heterocycles. The molecule has 1 aliphatic rings. The van der Waals surface area contributed by atoms with Crippen LogP contribution in [0.15, 0.2) is 46.2 Å². The van der Waals surface area contributed by atoms with Gasteiger partial charge in [-0.1, -0.05) is 12.8 Å². The van der Waals surface area contributed by atoms with Crippen LogP contribution in [0.2, 0.25) is 0 Å². The molecule has 1 fully saturated rings. The van der Waals surface area contributed by atoms with Gasteiger partial charge in [-0.15, -0.1) is 0 Å². The first kappa shape index (κ1) is 22.9. The Morgan fingerprint density at radius 3 is 2.67 bits per heavy atom. The second kappa shape index (κ2) is 8.61. The minimum absolute atomic E-state index is 0.0612. The van der Waals surface area contributed by atoms with Crippen molar-refractivity contribution in [3.05, 3.63) is 46.9 Å². The molecule has 1 aliphatic carbocycles. The number of nitriles is 1. The fraction of sp³-hybridized carbons (Fsp3) is 0.409. The average Bonchev–Trinajstić information content (AvgIpc) is 3.16. The van der Waals surface area contributed by atoms with Crippen LogP contribution >= 0.6 is 0 Å². The summed E-state index contributed by atoms with van der Waals surface area (Å²) in [5.41, 5.74) is -0.598. The monoisotopic (exact) mass is 472 g/mol. The Morgan fingerprint density at radius 1 is 1.30 bits per heavy atom. The molecule has 2 unspecified atom stereocenters. The van der Waals surface area contributed by atoms with E-state index in [0.29, 0.717) is 24.0 Å². The Hall–Kier alpha value is -3.23. The van der Waals surface area contributed by atoms with Crippen LogP contribution in [0.3, 0.4) is 0 Å². The van der Waals surface area contributed by atoms with Crippen molar-refractivity contribution in [3.8, 4) is 6.07 Å². The average molecular weight is 473 g/mol. The maximum atomic E-state index is 15.3. The van der Waals surface area contributed by atoms with Crippen LogP contribution in [0.1, 0.15) is 32.1 Å². The summed E-state index contributed by atoms with van der Waals surface area (Å²) in [4.78, 5) is 15.4. The highest BCUT2D eigenvalue weighted by molar-refractivity contribution is 7.89. The summed E-state index contributed by atoms with van der Waals surface area (Å²) in [5, 5.41) is 17.4. The van der Waals surface area contributed by atoms with Crippen LogP contribution in [0, 0.1) is 11.3 Å². The van der Waals surface area contributed by atoms with E-state index in [4.69, 9.17) is 0 Å². The van der Waals surface area contributed by atoms with Gasteiger partial charge in [0.25, 0.3) is 5.56 Å². The highest BCUT2D eigenvalue weighted by atomic mass is 32.2. The van der Waals surface area contributed by atoms with E-state index in [1.54, 1.807) is 18.2 Å². The Kier molecular flexibility index (Phi) is 5.99. The van der Waals surface area contributed by atoms with Crippen molar-refractivity contribution in [1.29, 1.82) is 5.26 Å². The van der Waals surface area contributed by atoms with Gasteiger partial charge in [-0.2, -0.15) is 10.4 Å². The molecule has 9 nitrogen and oxygen atoms in total. The fourth-order valence-electron chi connectivity index (χ4n) is 4.39. The molecule has 4 rings (SSSR count). The van der Waals surface area contributed by atoms with Gasteiger partial charge < -0.3 is 10.3 Å². The maximum Gasteiger partial charge on any atom is 0.261 e. The Morgan fingerprint density at radius 2 is 2.03 bits per heavy atom. The third kappa shape index (κ3) is 3.89. The summed E-state index contributed by atoms with van der Waals surface area (Å²) < 4.78 is 42.5. The lowest BCUT2D eigenvalue weighted by Crippen LogP contribution is -2.45. The van der Waals surface area contributed by atoms with Crippen molar-refractivity contribution in [2.75, 3.05) is 19.4 Å². The summed E-state index contributed by atoms with van der Waals surface area (Å²) in [6.45, 7) is 0. The van der Waals surface area contributed by atoms with Crippen LogP contribution in [0.4, 0.5) is 15.9 Å². The summed E-state index contributed by atoms with van der Waals surface area (Å²) >= 11 is 0. The number of hydrogen-bond donors (Lipinski definition) is 2. The topological polar surface area (TPSA) is 124 Å². The number of aromatic amines is 1. The molecule has 0 bridgehead atoms. The number of halogens is 1. The lowest BCUT2D eigenvalue weighted by Gasteiger charge is -2.39. The zero-order valence-corrected chi connectivity index (χ0v) is 19.2. The van der Waals surface area contributed by atoms with Gasteiger partial charge in [0.2, 0.25) is 10.0 Å². The second-order valence-corrected chi connectivity index (χ2v) is 10.6. The third-order valence-electron chi connectivity index (χ3n) is 6.21. The van der Waals surface area contributed by atoms with Crippen molar-refractivity contribution in [1.82, 2.24) is 19.1 Å². The molecule has 0 radical (unpaired) electrons. The van der Waals surface area contributed by atoms with Gasteiger partial charge >= 0.3 is 0 Å². The molecule has 1 aromatic carbocycles. The number of nitrogens with one attached hydrogen (secondary N) is 2. The van der Waals surface area contributed by atoms with E-state index in [1.807, 2.05) is 0 Å². The van der Waals surface area contributed by atoms with Crippen LogP contribution in [-0.2, 0) is 15.6 Å². The maximum absolute atomic E-state index is 15.3. The number of aromatic nitrogens is 3. The smallest absolute Gasteiger partial charge is 0.261 e. The Balaban J connectivity index is 1.80. The number of nitrogens with zero attached hydrogens (tertiary/aromatic N) is 4. The number of pyridine rings is 1. The van der Waals surface area contributed by atoms with E-state index in [0.717, 1.165) is 17.1 Å². The van der Waals surface area contributed by atoms with E-state index in [2.05, 4.69) is 21.5 Å². The van der Waals surface area contributed by atoms with Crippen molar-refractivity contribution in [3.63, 3.8) is 0 Å². The molecule has 0 spiro atoms. The number of alkyl halides is 1. The van der Waals surface area contributed by atoms with E-state index in [1.165, 1.54) is 37.1 Å². The van der Waals surface area contributed by atoms with Crippen LogP contribution in [-0.4, -0.2) is 47.8 Å². The first-order chi connectivity index (χ1) is 15.7. The first-order valence-corrected chi connectivity index (χ1v) is 12.1. The normalized spacial score (nSPS) is 21.2. The summed E-state index contributed by atoms with van der Waals surface area (Å²) in [6.07, 6.45) is 2.42. The van der Waals surface area contributed by atoms with E-state index in [9.17, 15) is 18.5 Å². The summed E-state index contributed by atoms with van der Waals surface area (Å²) in [6, 6.07) is 9.82. The predicted molar refractivity (Wildman–Crippen MR) is 123 cm³/mol. The highest BCUT2D eigenvalue weighted by Gasteiger charge is 2.45. The van der Waals surface area contributed by atoms with Crippen molar-refractivity contribution in [2.45, 2.75) is 48.7 Å². The molecule has 2 atom stereocenters. The van der Waals surface area contributed by atoms with Gasteiger partial charge in [0.15, 0.2) is 5.82 Å². The Bertz CT molecular complexity index is 1370. The number of fused-ring (bicyclic) bond motifs is 1. The number of H-pyrrole nitrogens is 1. The summed E-state index contributed by atoms with van der Waals surface area (Å²) in [7, 11) is -0.678.